The van der Waals surface area contributed by atoms with Crippen LogP contribution in [-0.4, -0.2) is 52.8 Å². The number of likely N-dealkylation sites (tertiary alicyclic amines) is 2. The van der Waals surface area contributed by atoms with Gasteiger partial charge in [-0.2, -0.15) is 0 Å². The van der Waals surface area contributed by atoms with Crippen LogP contribution in [0.5, 0.6) is 0 Å². The Balaban J connectivity index is 1.48. The second-order valence-electron chi connectivity index (χ2n) is 7.59. The number of piperidine rings is 1. The number of thiazole rings is 1. The van der Waals surface area contributed by atoms with E-state index in [9.17, 15) is 13.6 Å². The summed E-state index contributed by atoms with van der Waals surface area (Å²) in [7, 11) is 0. The highest BCUT2D eigenvalue weighted by Gasteiger charge is 2.60. The summed E-state index contributed by atoms with van der Waals surface area (Å²) in [4.78, 5) is 20.6. The summed E-state index contributed by atoms with van der Waals surface area (Å²) >= 11 is 1.59. The van der Waals surface area contributed by atoms with Crippen LogP contribution in [0, 0.1) is 18.3 Å². The fourth-order valence-electron chi connectivity index (χ4n) is 4.11. The zero-order valence-corrected chi connectivity index (χ0v) is 14.7. The molecule has 1 aromatic rings. The molecule has 0 N–H and O–H groups in total. The van der Waals surface area contributed by atoms with Crippen LogP contribution in [0.2, 0.25) is 0 Å². The smallest absolute Gasteiger partial charge is 0.258 e. The molecule has 0 aromatic carbocycles. The molecule has 1 saturated carbocycles. The van der Waals surface area contributed by atoms with E-state index in [2.05, 4.69) is 9.88 Å². The zero-order valence-electron chi connectivity index (χ0n) is 13.9. The molecule has 1 spiro atoms. The van der Waals surface area contributed by atoms with Crippen molar-refractivity contribution < 1.29 is 13.6 Å². The molecule has 1 aliphatic carbocycles. The number of aryl methyl sites for hydroxylation is 1. The Morgan fingerprint density at radius 2 is 2.12 bits per heavy atom. The molecule has 2 saturated heterocycles. The molecule has 132 valence electrons. The minimum absolute atomic E-state index is 0.0958. The quantitative estimate of drug-likeness (QED) is 0.836. The molecule has 2 aliphatic heterocycles. The summed E-state index contributed by atoms with van der Waals surface area (Å²) < 4.78 is 29.5. The lowest BCUT2D eigenvalue weighted by Crippen LogP contribution is -2.58. The van der Waals surface area contributed by atoms with E-state index in [4.69, 9.17) is 0 Å². The number of carbonyl (C=O) groups excluding carboxylic acids is 1. The van der Waals surface area contributed by atoms with Crippen LogP contribution in [0.15, 0.2) is 5.38 Å². The fourth-order valence-corrected chi connectivity index (χ4v) is 4.71. The maximum absolute atomic E-state index is 14.8. The van der Waals surface area contributed by atoms with Gasteiger partial charge in [0.25, 0.3) is 5.92 Å². The third-order valence-electron chi connectivity index (χ3n) is 5.69. The second kappa shape index (κ2) is 5.73. The van der Waals surface area contributed by atoms with Crippen LogP contribution < -0.4 is 0 Å². The number of hydrogen-bond donors (Lipinski definition) is 0. The average Bonchev–Trinajstić information content (AvgIpc) is 3.19. The molecule has 1 atom stereocenters. The number of halogens is 2. The van der Waals surface area contributed by atoms with Gasteiger partial charge in [0.05, 0.1) is 16.1 Å². The number of hydrogen-bond acceptors (Lipinski definition) is 4. The van der Waals surface area contributed by atoms with Crippen molar-refractivity contribution in [1.29, 1.82) is 0 Å². The van der Waals surface area contributed by atoms with Crippen LogP contribution in [0.3, 0.4) is 0 Å². The van der Waals surface area contributed by atoms with Gasteiger partial charge in [-0.05, 0) is 32.7 Å². The lowest BCUT2D eigenvalue weighted by Gasteiger charge is -2.46. The van der Waals surface area contributed by atoms with Gasteiger partial charge in [0.15, 0.2) is 0 Å². The van der Waals surface area contributed by atoms with E-state index in [1.54, 1.807) is 16.2 Å². The van der Waals surface area contributed by atoms with Crippen LogP contribution in [0.25, 0.3) is 0 Å². The van der Waals surface area contributed by atoms with E-state index in [1.165, 1.54) is 0 Å². The van der Waals surface area contributed by atoms with Crippen molar-refractivity contribution in [2.45, 2.75) is 45.1 Å². The highest BCUT2D eigenvalue weighted by Crippen LogP contribution is 2.50. The van der Waals surface area contributed by atoms with Crippen molar-refractivity contribution in [2.24, 2.45) is 11.3 Å². The van der Waals surface area contributed by atoms with Crippen LogP contribution >= 0.6 is 11.3 Å². The summed E-state index contributed by atoms with van der Waals surface area (Å²) in [5, 5.41) is 3.01. The minimum atomic E-state index is -2.69. The van der Waals surface area contributed by atoms with Crippen molar-refractivity contribution in [3.8, 4) is 0 Å². The Labute approximate surface area is 144 Å². The first kappa shape index (κ1) is 16.4. The Kier molecular flexibility index (Phi) is 3.91. The SMILES string of the molecule is Cc1nc(CN2CC[C@@]3(C2)CN(C(=O)C2CC2)CCC3(F)F)cs1. The Morgan fingerprint density at radius 1 is 1.33 bits per heavy atom. The van der Waals surface area contributed by atoms with Crippen molar-refractivity contribution >= 4 is 17.2 Å². The number of carbonyl (C=O) groups is 1. The zero-order chi connectivity index (χ0) is 16.9. The summed E-state index contributed by atoms with van der Waals surface area (Å²) in [5.74, 6) is -2.50. The predicted molar refractivity (Wildman–Crippen MR) is 88.0 cm³/mol. The highest BCUT2D eigenvalue weighted by molar-refractivity contribution is 7.09. The molecule has 7 heteroatoms. The summed E-state index contributed by atoms with van der Waals surface area (Å²) in [6.07, 6.45) is 2.11. The maximum Gasteiger partial charge on any atom is 0.258 e. The van der Waals surface area contributed by atoms with E-state index in [1.807, 2.05) is 12.3 Å². The average molecular weight is 355 g/mol. The first-order valence-corrected chi connectivity index (χ1v) is 9.57. The molecule has 1 amide bonds. The number of alkyl halides is 2. The number of nitrogens with zero attached hydrogens (tertiary/aromatic N) is 3. The minimum Gasteiger partial charge on any atom is -0.341 e. The topological polar surface area (TPSA) is 36.4 Å². The van der Waals surface area contributed by atoms with Gasteiger partial charge in [0.1, 0.15) is 0 Å². The van der Waals surface area contributed by atoms with E-state index < -0.39 is 11.3 Å². The molecule has 0 radical (unpaired) electrons. The van der Waals surface area contributed by atoms with E-state index >= 15 is 0 Å². The van der Waals surface area contributed by atoms with Gasteiger partial charge in [-0.15, -0.1) is 11.3 Å². The van der Waals surface area contributed by atoms with Crippen LogP contribution in [0.4, 0.5) is 8.78 Å². The number of amides is 1. The predicted octanol–water partition coefficient (Wildman–Crippen LogP) is 2.92. The monoisotopic (exact) mass is 355 g/mol. The van der Waals surface area contributed by atoms with Crippen molar-refractivity contribution in [3.05, 3.63) is 16.1 Å². The Hall–Kier alpha value is -1.08. The molecule has 4 rings (SSSR count). The molecular weight excluding hydrogens is 332 g/mol. The van der Waals surface area contributed by atoms with E-state index in [-0.39, 0.29) is 31.3 Å². The third kappa shape index (κ3) is 2.86. The number of rotatable bonds is 3. The van der Waals surface area contributed by atoms with Gasteiger partial charge < -0.3 is 4.90 Å². The highest BCUT2D eigenvalue weighted by atomic mass is 32.1. The Bertz CT molecular complexity index is 646. The van der Waals surface area contributed by atoms with Gasteiger partial charge in [0.2, 0.25) is 5.91 Å². The van der Waals surface area contributed by atoms with Gasteiger partial charge in [0, 0.05) is 43.9 Å². The van der Waals surface area contributed by atoms with E-state index in [0.717, 1.165) is 23.5 Å². The molecule has 0 bridgehead atoms. The molecule has 3 fully saturated rings. The largest absolute Gasteiger partial charge is 0.341 e. The van der Waals surface area contributed by atoms with Crippen LogP contribution in [-0.2, 0) is 11.3 Å². The van der Waals surface area contributed by atoms with Crippen molar-refractivity contribution in [3.63, 3.8) is 0 Å². The standard InChI is InChI=1S/C17H23F2N3OS/c1-12-20-14(9-24-12)8-21-6-4-16(10-21)11-22(7-5-17(16,18)19)15(23)13-2-3-13/h9,13H,2-8,10-11H2,1H3/t16-/m1/s1. The van der Waals surface area contributed by atoms with Crippen molar-refractivity contribution in [1.82, 2.24) is 14.8 Å². The first-order chi connectivity index (χ1) is 11.4. The second-order valence-corrected chi connectivity index (χ2v) is 8.65. The number of aromatic nitrogens is 1. The molecule has 3 heterocycles. The van der Waals surface area contributed by atoms with E-state index in [0.29, 0.717) is 26.1 Å². The van der Waals surface area contributed by atoms with Crippen molar-refractivity contribution in [2.75, 3.05) is 26.2 Å². The molecular formula is C17H23F2N3OS. The molecule has 4 nitrogen and oxygen atoms in total. The maximum atomic E-state index is 14.8. The summed E-state index contributed by atoms with van der Waals surface area (Å²) in [5.41, 5.74) is -0.125. The lowest BCUT2D eigenvalue weighted by molar-refractivity contribution is -0.172. The molecule has 1 aromatic heterocycles. The molecule has 3 aliphatic rings. The lowest BCUT2D eigenvalue weighted by atomic mass is 9.75. The van der Waals surface area contributed by atoms with Gasteiger partial charge in [-0.1, -0.05) is 0 Å². The fraction of sp³-hybridized carbons (Fsp3) is 0.765. The first-order valence-electron chi connectivity index (χ1n) is 8.69. The summed E-state index contributed by atoms with van der Waals surface area (Å²) in [6.45, 7) is 4.00. The third-order valence-corrected chi connectivity index (χ3v) is 6.51. The van der Waals surface area contributed by atoms with Gasteiger partial charge in [-0.3, -0.25) is 9.69 Å². The van der Waals surface area contributed by atoms with Gasteiger partial charge in [-0.25, -0.2) is 13.8 Å². The normalized spacial score (nSPS) is 30.2. The summed E-state index contributed by atoms with van der Waals surface area (Å²) in [6, 6.07) is 0. The molecule has 0 unspecified atom stereocenters. The Morgan fingerprint density at radius 3 is 2.79 bits per heavy atom. The van der Waals surface area contributed by atoms with Crippen LogP contribution in [0.1, 0.15) is 36.4 Å². The molecule has 24 heavy (non-hydrogen) atoms. The van der Waals surface area contributed by atoms with Gasteiger partial charge >= 0.3 is 0 Å².